The molecule has 9 nitrogen and oxygen atoms in total. The van der Waals surface area contributed by atoms with Crippen LogP contribution in [0.15, 0.2) is 67.1 Å². The number of likely N-dealkylation sites (tertiary alicyclic amines) is 1. The van der Waals surface area contributed by atoms with Gasteiger partial charge in [-0.15, -0.1) is 0 Å². The van der Waals surface area contributed by atoms with Gasteiger partial charge in [-0.3, -0.25) is 14.6 Å². The molecule has 4 heterocycles. The fourth-order valence-corrected chi connectivity index (χ4v) is 4.30. The molecule has 1 saturated heterocycles. The predicted molar refractivity (Wildman–Crippen MR) is 155 cm³/mol. The summed E-state index contributed by atoms with van der Waals surface area (Å²) in [6, 6.07) is 14.2. The molecule has 3 aromatic heterocycles. The van der Waals surface area contributed by atoms with Gasteiger partial charge in [-0.25, -0.2) is 18.9 Å². The molecule has 0 aliphatic carbocycles. The van der Waals surface area contributed by atoms with E-state index in [2.05, 4.69) is 52.2 Å². The molecule has 10 heteroatoms. The minimum atomic E-state index is -0.705. The molecular weight excluding hydrogens is 521 g/mol. The fraction of sp³-hybridized carbons (Fsp3) is 0.290. The van der Waals surface area contributed by atoms with Crippen molar-refractivity contribution in [2.45, 2.75) is 33.6 Å². The molecule has 41 heavy (non-hydrogen) atoms. The highest BCUT2D eigenvalue weighted by molar-refractivity contribution is 5.97. The molecule has 2 amide bonds. The number of pyridine rings is 1. The Labute approximate surface area is 237 Å². The van der Waals surface area contributed by atoms with Crippen molar-refractivity contribution >= 4 is 28.5 Å². The summed E-state index contributed by atoms with van der Waals surface area (Å²) in [4.78, 5) is 39.1. The van der Waals surface area contributed by atoms with E-state index < -0.39 is 11.7 Å². The number of nitrogens with one attached hydrogen (secondary N) is 1. The quantitative estimate of drug-likeness (QED) is 0.327. The molecule has 0 saturated carbocycles. The van der Waals surface area contributed by atoms with E-state index in [0.29, 0.717) is 36.5 Å². The van der Waals surface area contributed by atoms with Crippen LogP contribution in [0.5, 0.6) is 0 Å². The van der Waals surface area contributed by atoms with Crippen LogP contribution < -0.4 is 5.32 Å². The molecule has 5 aromatic rings. The van der Waals surface area contributed by atoms with E-state index in [1.165, 1.54) is 18.3 Å². The molecule has 2 aromatic carbocycles. The number of halogens is 1. The third kappa shape index (κ3) is 6.54. The van der Waals surface area contributed by atoms with Crippen LogP contribution in [0.3, 0.4) is 0 Å². The maximum Gasteiger partial charge on any atom is 0.254 e. The number of aromatic nitrogens is 5. The number of hydrogen-bond acceptors (Lipinski definition) is 6. The zero-order valence-corrected chi connectivity index (χ0v) is 23.3. The van der Waals surface area contributed by atoms with Crippen molar-refractivity contribution in [2.24, 2.45) is 5.92 Å². The molecular formula is C31H32FN7O2. The maximum atomic E-state index is 14.9. The van der Waals surface area contributed by atoms with Crippen molar-refractivity contribution in [3.05, 3.63) is 89.8 Å². The lowest BCUT2D eigenvalue weighted by Gasteiger charge is -2.30. The third-order valence-electron chi connectivity index (χ3n) is 6.47. The van der Waals surface area contributed by atoms with Gasteiger partial charge in [0.25, 0.3) is 11.7 Å². The van der Waals surface area contributed by atoms with Crippen LogP contribution in [0.4, 0.5) is 4.39 Å². The summed E-state index contributed by atoms with van der Waals surface area (Å²) < 4.78 is 16.5. The highest BCUT2D eigenvalue weighted by Gasteiger charge is 2.21. The average Bonchev–Trinajstić information content (AvgIpc) is 3.32. The monoisotopic (exact) mass is 553 g/mol. The Kier molecular flexibility index (Phi) is 8.28. The van der Waals surface area contributed by atoms with Crippen LogP contribution in [-0.4, -0.2) is 60.9 Å². The Morgan fingerprint density at radius 2 is 1.78 bits per heavy atom. The third-order valence-corrected chi connectivity index (χ3v) is 6.47. The molecule has 1 N–H and O–H groups in total. The second kappa shape index (κ2) is 12.2. The largest absolute Gasteiger partial charge is 0.343 e. The van der Waals surface area contributed by atoms with E-state index in [4.69, 9.17) is 0 Å². The van der Waals surface area contributed by atoms with Gasteiger partial charge in [0.2, 0.25) is 5.91 Å². The number of carbonyl (C=O) groups is 2. The van der Waals surface area contributed by atoms with Crippen LogP contribution in [0, 0.1) is 11.7 Å². The second-order valence-electron chi connectivity index (χ2n) is 10.7. The summed E-state index contributed by atoms with van der Waals surface area (Å²) in [5.74, 6) is -0.243. The molecule has 0 bridgehead atoms. The Hall–Kier alpha value is -4.73. The van der Waals surface area contributed by atoms with E-state index >= 15 is 0 Å². The highest BCUT2D eigenvalue weighted by atomic mass is 19.1. The van der Waals surface area contributed by atoms with Crippen molar-refractivity contribution in [3.63, 3.8) is 0 Å². The van der Waals surface area contributed by atoms with Crippen LogP contribution in [0.1, 0.15) is 48.8 Å². The van der Waals surface area contributed by atoms with E-state index in [1.54, 1.807) is 27.9 Å². The molecule has 1 aliphatic rings. The number of amides is 2. The van der Waals surface area contributed by atoms with Crippen molar-refractivity contribution in [2.75, 3.05) is 19.6 Å². The highest BCUT2D eigenvalue weighted by Crippen LogP contribution is 2.22. The first-order valence-electron chi connectivity index (χ1n) is 13.7. The van der Waals surface area contributed by atoms with Gasteiger partial charge in [-0.05, 0) is 48.2 Å². The standard InChI is InChI=1S/C27H22FN7O2.C4H10/c28-22-13-19(5-6-21(22)26(37)30-16-25(36)34-9-2-10-34)24-15-32-27-31-14-20(35(27)33-24)12-17-4-7-23-18(11-17)3-1-8-29-23;1-4(2)3/h1,3-8,11,13-15H,2,9-10,12,16H2,(H,30,37);4H,1-3H3. The van der Waals surface area contributed by atoms with Gasteiger partial charge < -0.3 is 10.2 Å². The second-order valence-corrected chi connectivity index (χ2v) is 10.7. The van der Waals surface area contributed by atoms with Crippen molar-refractivity contribution in [3.8, 4) is 11.3 Å². The Morgan fingerprint density at radius 1 is 1.00 bits per heavy atom. The van der Waals surface area contributed by atoms with Crippen LogP contribution in [0.25, 0.3) is 27.9 Å². The van der Waals surface area contributed by atoms with Crippen LogP contribution in [0.2, 0.25) is 0 Å². The van der Waals surface area contributed by atoms with Crippen molar-refractivity contribution in [1.82, 2.24) is 34.8 Å². The molecule has 0 atom stereocenters. The molecule has 6 rings (SSSR count). The Balaban J connectivity index is 0.000000794. The number of carbonyl (C=O) groups excluding carboxylic acids is 2. The van der Waals surface area contributed by atoms with Gasteiger partial charge in [0.05, 0.1) is 35.7 Å². The number of imidazole rings is 1. The zero-order chi connectivity index (χ0) is 28.9. The summed E-state index contributed by atoms with van der Waals surface area (Å²) in [6.45, 7) is 7.74. The van der Waals surface area contributed by atoms with Gasteiger partial charge in [-0.1, -0.05) is 39.0 Å². The average molecular weight is 554 g/mol. The molecule has 210 valence electrons. The number of nitrogens with zero attached hydrogens (tertiary/aromatic N) is 6. The summed E-state index contributed by atoms with van der Waals surface area (Å²) in [5.41, 5.74) is 3.60. The SMILES string of the molecule is CC(C)C.O=C(NCC(=O)N1CCC1)c1ccc(-c2cnc3ncc(Cc4ccc5ncccc5c4)n3n2)cc1F. The van der Waals surface area contributed by atoms with Gasteiger partial charge >= 0.3 is 0 Å². The lowest BCUT2D eigenvalue weighted by molar-refractivity contribution is -0.133. The lowest BCUT2D eigenvalue weighted by Crippen LogP contribution is -2.47. The summed E-state index contributed by atoms with van der Waals surface area (Å²) in [6.07, 6.45) is 6.55. The minimum Gasteiger partial charge on any atom is -0.343 e. The summed E-state index contributed by atoms with van der Waals surface area (Å²) in [7, 11) is 0. The Morgan fingerprint density at radius 3 is 2.51 bits per heavy atom. The van der Waals surface area contributed by atoms with Gasteiger partial charge in [-0.2, -0.15) is 5.10 Å². The number of rotatable bonds is 6. The first-order valence-corrected chi connectivity index (χ1v) is 13.7. The normalized spacial score (nSPS) is 12.7. The minimum absolute atomic E-state index is 0.136. The van der Waals surface area contributed by atoms with E-state index in [1.807, 2.05) is 24.3 Å². The van der Waals surface area contributed by atoms with Gasteiger partial charge in [0, 0.05) is 36.7 Å². The maximum absolute atomic E-state index is 14.9. The fourth-order valence-electron chi connectivity index (χ4n) is 4.30. The molecule has 0 spiro atoms. The number of benzene rings is 2. The van der Waals surface area contributed by atoms with Gasteiger partial charge in [0.1, 0.15) is 11.5 Å². The van der Waals surface area contributed by atoms with Crippen molar-refractivity contribution < 1.29 is 14.0 Å². The molecule has 1 fully saturated rings. The summed E-state index contributed by atoms with van der Waals surface area (Å²) >= 11 is 0. The predicted octanol–water partition coefficient (Wildman–Crippen LogP) is 4.69. The first kappa shape index (κ1) is 27.8. The molecule has 1 aliphatic heterocycles. The van der Waals surface area contributed by atoms with Gasteiger partial charge in [0.15, 0.2) is 0 Å². The summed E-state index contributed by atoms with van der Waals surface area (Å²) in [5, 5.41) is 8.18. The first-order chi connectivity index (χ1) is 19.8. The van der Waals surface area contributed by atoms with E-state index in [-0.39, 0.29) is 18.0 Å². The van der Waals surface area contributed by atoms with Crippen molar-refractivity contribution in [1.29, 1.82) is 0 Å². The molecule has 0 radical (unpaired) electrons. The van der Waals surface area contributed by atoms with E-state index in [9.17, 15) is 14.0 Å². The van der Waals surface area contributed by atoms with Crippen LogP contribution in [-0.2, 0) is 11.2 Å². The topological polar surface area (TPSA) is 105 Å². The van der Waals surface area contributed by atoms with Crippen LogP contribution >= 0.6 is 0 Å². The molecule has 0 unspecified atom stereocenters. The lowest BCUT2D eigenvalue weighted by atomic mass is 10.1. The zero-order valence-electron chi connectivity index (χ0n) is 23.3. The Bertz CT molecular complexity index is 1710. The number of hydrogen-bond donors (Lipinski definition) is 1. The van der Waals surface area contributed by atoms with E-state index in [0.717, 1.165) is 34.5 Å². The smallest absolute Gasteiger partial charge is 0.254 e. The number of fused-ring (bicyclic) bond motifs is 2.